The Labute approximate surface area is 92.0 Å². The van der Waals surface area contributed by atoms with Crippen molar-refractivity contribution in [1.82, 2.24) is 0 Å². The van der Waals surface area contributed by atoms with Crippen LogP contribution < -0.4 is 4.74 Å². The zero-order valence-electron chi connectivity index (χ0n) is 9.00. The van der Waals surface area contributed by atoms with Gasteiger partial charge in [-0.2, -0.15) is 4.39 Å². The first-order valence-electron chi connectivity index (χ1n) is 4.77. The quantitative estimate of drug-likeness (QED) is 0.744. The van der Waals surface area contributed by atoms with Crippen molar-refractivity contribution >= 4 is 5.97 Å². The van der Waals surface area contributed by atoms with Gasteiger partial charge in [-0.1, -0.05) is 6.07 Å². The number of carbonyl (C=O) groups excluding carboxylic acids is 1. The molecule has 3 nitrogen and oxygen atoms in total. The Bertz CT molecular complexity index is 377. The summed E-state index contributed by atoms with van der Waals surface area (Å²) in [5, 5.41) is 0. The lowest BCUT2D eigenvalue weighted by Gasteiger charge is -2.09. The smallest absolute Gasteiger partial charge is 0.344 e. The highest BCUT2D eigenvalue weighted by molar-refractivity contribution is 5.71. The van der Waals surface area contributed by atoms with Crippen LogP contribution in [0.3, 0.4) is 0 Å². The largest absolute Gasteiger partial charge is 0.479 e. The SMILES string of the molecule is CC(C)OC(=O)COc1cccc(F)c1F. The maximum atomic E-state index is 13.1. The van der Waals surface area contributed by atoms with Gasteiger partial charge in [-0.3, -0.25) is 0 Å². The Kier molecular flexibility index (Phi) is 4.22. The molecular formula is C11H12F2O3. The summed E-state index contributed by atoms with van der Waals surface area (Å²) in [4.78, 5) is 11.1. The highest BCUT2D eigenvalue weighted by Gasteiger charge is 2.11. The summed E-state index contributed by atoms with van der Waals surface area (Å²) in [7, 11) is 0. The molecule has 0 radical (unpaired) electrons. The monoisotopic (exact) mass is 230 g/mol. The van der Waals surface area contributed by atoms with Gasteiger partial charge in [0.1, 0.15) is 0 Å². The van der Waals surface area contributed by atoms with Crippen LogP contribution in [0.1, 0.15) is 13.8 Å². The molecule has 0 aliphatic carbocycles. The van der Waals surface area contributed by atoms with Crippen molar-refractivity contribution in [2.75, 3.05) is 6.61 Å². The van der Waals surface area contributed by atoms with Crippen molar-refractivity contribution < 1.29 is 23.0 Å². The number of hydrogen-bond donors (Lipinski definition) is 0. The molecule has 1 aromatic carbocycles. The van der Waals surface area contributed by atoms with Crippen LogP contribution in [0.25, 0.3) is 0 Å². The van der Waals surface area contributed by atoms with E-state index in [0.717, 1.165) is 6.07 Å². The highest BCUT2D eigenvalue weighted by atomic mass is 19.2. The van der Waals surface area contributed by atoms with Crippen LogP contribution in [0.2, 0.25) is 0 Å². The second-order valence-corrected chi connectivity index (χ2v) is 3.38. The zero-order valence-corrected chi connectivity index (χ0v) is 9.00. The molecule has 0 aromatic heterocycles. The minimum Gasteiger partial charge on any atom is -0.479 e. The third-order valence-corrected chi connectivity index (χ3v) is 1.63. The molecule has 16 heavy (non-hydrogen) atoms. The number of hydrogen-bond acceptors (Lipinski definition) is 3. The fraction of sp³-hybridized carbons (Fsp3) is 0.364. The second kappa shape index (κ2) is 5.44. The summed E-state index contributed by atoms with van der Waals surface area (Å²) in [6.07, 6.45) is -0.270. The third-order valence-electron chi connectivity index (χ3n) is 1.63. The van der Waals surface area contributed by atoms with Gasteiger partial charge in [-0.25, -0.2) is 9.18 Å². The van der Waals surface area contributed by atoms with Crippen molar-refractivity contribution in [2.24, 2.45) is 0 Å². The van der Waals surface area contributed by atoms with Crippen molar-refractivity contribution in [3.05, 3.63) is 29.8 Å². The van der Waals surface area contributed by atoms with E-state index in [0.29, 0.717) is 0 Å². The van der Waals surface area contributed by atoms with Gasteiger partial charge in [0.15, 0.2) is 18.2 Å². The molecule has 0 aliphatic heterocycles. The predicted octanol–water partition coefficient (Wildman–Crippen LogP) is 2.30. The van der Waals surface area contributed by atoms with Gasteiger partial charge < -0.3 is 9.47 Å². The molecule has 0 atom stereocenters. The standard InChI is InChI=1S/C11H12F2O3/c1-7(2)16-10(14)6-15-9-5-3-4-8(12)11(9)13/h3-5,7H,6H2,1-2H3. The molecule has 0 aliphatic rings. The van der Waals surface area contributed by atoms with Crippen LogP contribution in [0.5, 0.6) is 5.75 Å². The minimum atomic E-state index is -1.11. The summed E-state index contributed by atoms with van der Waals surface area (Å²) < 4.78 is 35.4. The molecule has 0 amide bonds. The van der Waals surface area contributed by atoms with Gasteiger partial charge in [-0.05, 0) is 26.0 Å². The van der Waals surface area contributed by atoms with E-state index in [1.165, 1.54) is 12.1 Å². The van der Waals surface area contributed by atoms with Crippen LogP contribution in [0.4, 0.5) is 8.78 Å². The molecule has 1 rings (SSSR count). The predicted molar refractivity (Wildman–Crippen MR) is 53.1 cm³/mol. The van der Waals surface area contributed by atoms with E-state index in [-0.39, 0.29) is 11.9 Å². The zero-order chi connectivity index (χ0) is 12.1. The topological polar surface area (TPSA) is 35.5 Å². The maximum Gasteiger partial charge on any atom is 0.344 e. The fourth-order valence-electron chi connectivity index (χ4n) is 1.03. The molecule has 0 N–H and O–H groups in total. The lowest BCUT2D eigenvalue weighted by atomic mass is 10.3. The van der Waals surface area contributed by atoms with Gasteiger partial charge in [0.2, 0.25) is 5.82 Å². The van der Waals surface area contributed by atoms with E-state index in [1.54, 1.807) is 13.8 Å². The van der Waals surface area contributed by atoms with Crippen LogP contribution in [0.15, 0.2) is 18.2 Å². The molecule has 0 bridgehead atoms. The Balaban J connectivity index is 2.55. The van der Waals surface area contributed by atoms with Crippen LogP contribution >= 0.6 is 0 Å². The summed E-state index contributed by atoms with van der Waals surface area (Å²) in [5.41, 5.74) is 0. The average molecular weight is 230 g/mol. The van der Waals surface area contributed by atoms with Gasteiger partial charge in [0, 0.05) is 0 Å². The lowest BCUT2D eigenvalue weighted by Crippen LogP contribution is -2.19. The summed E-state index contributed by atoms with van der Waals surface area (Å²) >= 11 is 0. The molecule has 88 valence electrons. The highest BCUT2D eigenvalue weighted by Crippen LogP contribution is 2.18. The molecule has 0 saturated heterocycles. The van der Waals surface area contributed by atoms with Gasteiger partial charge in [0.25, 0.3) is 0 Å². The summed E-state index contributed by atoms with van der Waals surface area (Å²) in [5.74, 6) is -3.06. The van der Waals surface area contributed by atoms with E-state index in [4.69, 9.17) is 9.47 Å². The second-order valence-electron chi connectivity index (χ2n) is 3.38. The van der Waals surface area contributed by atoms with E-state index in [1.807, 2.05) is 0 Å². The van der Waals surface area contributed by atoms with Crippen LogP contribution in [-0.4, -0.2) is 18.7 Å². The number of benzene rings is 1. The molecule has 1 aromatic rings. The molecule has 0 unspecified atom stereocenters. The number of rotatable bonds is 4. The Morgan fingerprint density at radius 1 is 1.38 bits per heavy atom. The summed E-state index contributed by atoms with van der Waals surface area (Å²) in [6.45, 7) is 2.92. The molecule has 0 saturated carbocycles. The van der Waals surface area contributed by atoms with Crippen molar-refractivity contribution in [3.63, 3.8) is 0 Å². The number of carbonyl (C=O) groups is 1. The number of esters is 1. The van der Waals surface area contributed by atoms with Crippen molar-refractivity contribution in [2.45, 2.75) is 20.0 Å². The van der Waals surface area contributed by atoms with Gasteiger partial charge in [0.05, 0.1) is 6.10 Å². The van der Waals surface area contributed by atoms with Crippen LogP contribution in [-0.2, 0) is 9.53 Å². The lowest BCUT2D eigenvalue weighted by molar-refractivity contribution is -0.149. The average Bonchev–Trinajstić information content (AvgIpc) is 2.19. The molecule has 0 fully saturated rings. The maximum absolute atomic E-state index is 13.1. The Morgan fingerprint density at radius 3 is 2.69 bits per heavy atom. The van der Waals surface area contributed by atoms with E-state index in [2.05, 4.69) is 0 Å². The Hall–Kier alpha value is -1.65. The van der Waals surface area contributed by atoms with E-state index >= 15 is 0 Å². The number of halogens is 2. The Morgan fingerprint density at radius 2 is 2.06 bits per heavy atom. The van der Waals surface area contributed by atoms with Gasteiger partial charge >= 0.3 is 5.97 Å². The first-order chi connectivity index (χ1) is 7.50. The molecular weight excluding hydrogens is 218 g/mol. The fourth-order valence-corrected chi connectivity index (χ4v) is 1.03. The first kappa shape index (κ1) is 12.4. The minimum absolute atomic E-state index is 0.270. The van der Waals surface area contributed by atoms with E-state index < -0.39 is 24.2 Å². The molecule has 0 spiro atoms. The van der Waals surface area contributed by atoms with Gasteiger partial charge in [-0.15, -0.1) is 0 Å². The van der Waals surface area contributed by atoms with E-state index in [9.17, 15) is 13.6 Å². The summed E-state index contributed by atoms with van der Waals surface area (Å²) in [6, 6.07) is 3.50. The first-order valence-corrected chi connectivity index (χ1v) is 4.77. The van der Waals surface area contributed by atoms with Crippen molar-refractivity contribution in [1.29, 1.82) is 0 Å². The molecule has 5 heteroatoms. The van der Waals surface area contributed by atoms with Crippen LogP contribution in [0, 0.1) is 11.6 Å². The molecule has 0 heterocycles. The number of ether oxygens (including phenoxy) is 2. The third kappa shape index (κ3) is 3.49. The van der Waals surface area contributed by atoms with Crippen molar-refractivity contribution in [3.8, 4) is 5.75 Å². The normalized spacial score (nSPS) is 10.3.